The maximum atomic E-state index is 8.94. The molecule has 4 heteroatoms. The van der Waals surface area contributed by atoms with Gasteiger partial charge in [-0.15, -0.1) is 0 Å². The number of morpholine rings is 1. The standard InChI is InChI=1S/C12H13BrN2O/c13-12-2-1-10(7-11(12)8-14)9-15-3-5-16-6-4-15/h1-2,7H,3-6,9H2. The Morgan fingerprint density at radius 1 is 1.38 bits per heavy atom. The lowest BCUT2D eigenvalue weighted by molar-refractivity contribution is 0.0342. The molecule has 1 fully saturated rings. The lowest BCUT2D eigenvalue weighted by atomic mass is 10.1. The topological polar surface area (TPSA) is 36.3 Å². The normalized spacial score (nSPS) is 17.0. The number of nitrogens with zero attached hydrogens (tertiary/aromatic N) is 2. The van der Waals surface area contributed by atoms with E-state index in [9.17, 15) is 0 Å². The van der Waals surface area contributed by atoms with Crippen molar-refractivity contribution in [3.63, 3.8) is 0 Å². The van der Waals surface area contributed by atoms with Crippen LogP contribution in [0.1, 0.15) is 11.1 Å². The molecular formula is C12H13BrN2O. The molecule has 0 spiro atoms. The summed E-state index contributed by atoms with van der Waals surface area (Å²) in [7, 11) is 0. The predicted octanol–water partition coefficient (Wildman–Crippen LogP) is 2.15. The van der Waals surface area contributed by atoms with Crippen LogP contribution in [-0.2, 0) is 11.3 Å². The highest BCUT2D eigenvalue weighted by molar-refractivity contribution is 9.10. The Kier molecular flexibility index (Phi) is 3.94. The first-order valence-corrected chi connectivity index (χ1v) is 6.07. The SMILES string of the molecule is N#Cc1cc(CN2CCOCC2)ccc1Br. The summed E-state index contributed by atoms with van der Waals surface area (Å²) < 4.78 is 6.16. The molecular weight excluding hydrogens is 268 g/mol. The van der Waals surface area contributed by atoms with Gasteiger partial charge in [0.25, 0.3) is 0 Å². The Morgan fingerprint density at radius 2 is 2.12 bits per heavy atom. The molecule has 0 radical (unpaired) electrons. The molecule has 0 saturated carbocycles. The number of hydrogen-bond donors (Lipinski definition) is 0. The van der Waals surface area contributed by atoms with Crippen molar-refractivity contribution in [3.8, 4) is 6.07 Å². The van der Waals surface area contributed by atoms with Crippen molar-refractivity contribution in [1.82, 2.24) is 4.90 Å². The highest BCUT2D eigenvalue weighted by Gasteiger charge is 2.11. The Bertz CT molecular complexity index is 408. The Balaban J connectivity index is 2.06. The zero-order chi connectivity index (χ0) is 11.4. The quantitative estimate of drug-likeness (QED) is 0.833. The fourth-order valence-electron chi connectivity index (χ4n) is 1.77. The van der Waals surface area contributed by atoms with Gasteiger partial charge in [0.15, 0.2) is 0 Å². The lowest BCUT2D eigenvalue weighted by Crippen LogP contribution is -2.35. The number of rotatable bonds is 2. The van der Waals surface area contributed by atoms with Gasteiger partial charge in [0.2, 0.25) is 0 Å². The molecule has 1 heterocycles. The van der Waals surface area contributed by atoms with Gasteiger partial charge in [-0.2, -0.15) is 5.26 Å². The second kappa shape index (κ2) is 5.44. The van der Waals surface area contributed by atoms with Crippen LogP contribution in [-0.4, -0.2) is 31.2 Å². The number of ether oxygens (including phenoxy) is 1. The molecule has 0 unspecified atom stereocenters. The van der Waals surface area contributed by atoms with Crippen LogP contribution in [0.25, 0.3) is 0 Å². The third kappa shape index (κ3) is 2.82. The van der Waals surface area contributed by atoms with Crippen LogP contribution < -0.4 is 0 Å². The first-order chi connectivity index (χ1) is 7.79. The summed E-state index contributed by atoms with van der Waals surface area (Å²) in [4.78, 5) is 2.34. The maximum Gasteiger partial charge on any atom is 0.100 e. The van der Waals surface area contributed by atoms with Gasteiger partial charge in [-0.25, -0.2) is 0 Å². The van der Waals surface area contributed by atoms with Crippen molar-refractivity contribution in [3.05, 3.63) is 33.8 Å². The van der Waals surface area contributed by atoms with E-state index < -0.39 is 0 Å². The molecule has 16 heavy (non-hydrogen) atoms. The lowest BCUT2D eigenvalue weighted by Gasteiger charge is -2.26. The minimum atomic E-state index is 0.700. The second-order valence-electron chi connectivity index (χ2n) is 3.81. The first kappa shape index (κ1) is 11.6. The molecule has 0 bridgehead atoms. The number of hydrogen-bond acceptors (Lipinski definition) is 3. The smallest absolute Gasteiger partial charge is 0.100 e. The van der Waals surface area contributed by atoms with Gasteiger partial charge >= 0.3 is 0 Å². The van der Waals surface area contributed by atoms with Crippen molar-refractivity contribution >= 4 is 15.9 Å². The molecule has 1 aromatic rings. The van der Waals surface area contributed by atoms with Gasteiger partial charge in [-0.3, -0.25) is 4.90 Å². The van der Waals surface area contributed by atoms with Gasteiger partial charge in [-0.1, -0.05) is 6.07 Å². The van der Waals surface area contributed by atoms with E-state index in [0.717, 1.165) is 37.3 Å². The summed E-state index contributed by atoms with van der Waals surface area (Å²) in [6.07, 6.45) is 0. The first-order valence-electron chi connectivity index (χ1n) is 5.28. The van der Waals surface area contributed by atoms with E-state index in [4.69, 9.17) is 10.00 Å². The average molecular weight is 281 g/mol. The third-order valence-corrected chi connectivity index (χ3v) is 3.35. The highest BCUT2D eigenvalue weighted by atomic mass is 79.9. The van der Waals surface area contributed by atoms with E-state index in [1.165, 1.54) is 5.56 Å². The van der Waals surface area contributed by atoms with E-state index in [1.54, 1.807) is 0 Å². The molecule has 0 atom stereocenters. The predicted molar refractivity (Wildman–Crippen MR) is 65.0 cm³/mol. The number of benzene rings is 1. The maximum absolute atomic E-state index is 8.94. The summed E-state index contributed by atoms with van der Waals surface area (Å²) in [6, 6.07) is 8.12. The van der Waals surface area contributed by atoms with Gasteiger partial charge in [-0.05, 0) is 33.6 Å². The molecule has 0 aromatic heterocycles. The van der Waals surface area contributed by atoms with E-state index >= 15 is 0 Å². The largest absolute Gasteiger partial charge is 0.379 e. The fourth-order valence-corrected chi connectivity index (χ4v) is 2.11. The second-order valence-corrected chi connectivity index (χ2v) is 4.67. The molecule has 84 valence electrons. The van der Waals surface area contributed by atoms with Crippen molar-refractivity contribution < 1.29 is 4.74 Å². The average Bonchev–Trinajstić information content (AvgIpc) is 2.33. The molecule has 0 N–H and O–H groups in total. The summed E-state index contributed by atoms with van der Waals surface area (Å²) in [6.45, 7) is 4.45. The molecule has 1 aliphatic heterocycles. The van der Waals surface area contributed by atoms with E-state index in [1.807, 2.05) is 12.1 Å². The van der Waals surface area contributed by atoms with Crippen LogP contribution in [0.4, 0.5) is 0 Å². The van der Waals surface area contributed by atoms with Gasteiger partial charge in [0, 0.05) is 24.1 Å². The summed E-state index contributed by atoms with van der Waals surface area (Å²) >= 11 is 3.36. The van der Waals surface area contributed by atoms with E-state index in [2.05, 4.69) is 33.0 Å². The minimum Gasteiger partial charge on any atom is -0.379 e. The zero-order valence-corrected chi connectivity index (χ0v) is 10.5. The third-order valence-electron chi connectivity index (χ3n) is 2.66. The number of nitriles is 1. The summed E-state index contributed by atoms with van der Waals surface area (Å²) in [5.41, 5.74) is 1.88. The molecule has 0 amide bonds. The van der Waals surface area contributed by atoms with Crippen LogP contribution in [0.3, 0.4) is 0 Å². The van der Waals surface area contributed by atoms with Crippen LogP contribution in [0.15, 0.2) is 22.7 Å². The van der Waals surface area contributed by atoms with Gasteiger partial charge < -0.3 is 4.74 Å². The monoisotopic (exact) mass is 280 g/mol. The molecule has 1 aliphatic rings. The summed E-state index contributed by atoms with van der Waals surface area (Å²) in [5, 5.41) is 8.94. The van der Waals surface area contributed by atoms with Gasteiger partial charge in [0.1, 0.15) is 6.07 Å². The Morgan fingerprint density at radius 3 is 2.81 bits per heavy atom. The Hall–Kier alpha value is -0.890. The van der Waals surface area contributed by atoms with Crippen LogP contribution >= 0.6 is 15.9 Å². The van der Waals surface area contributed by atoms with Crippen molar-refractivity contribution in [2.75, 3.05) is 26.3 Å². The van der Waals surface area contributed by atoms with Crippen molar-refractivity contribution in [2.45, 2.75) is 6.54 Å². The Labute approximate surface area is 104 Å². The van der Waals surface area contributed by atoms with E-state index in [0.29, 0.717) is 5.56 Å². The molecule has 1 aromatic carbocycles. The van der Waals surface area contributed by atoms with Crippen LogP contribution in [0.5, 0.6) is 0 Å². The summed E-state index contributed by atoms with van der Waals surface area (Å²) in [5.74, 6) is 0. The van der Waals surface area contributed by atoms with Gasteiger partial charge in [0.05, 0.1) is 18.8 Å². The molecule has 0 aliphatic carbocycles. The highest BCUT2D eigenvalue weighted by Crippen LogP contribution is 2.18. The fraction of sp³-hybridized carbons (Fsp3) is 0.417. The van der Waals surface area contributed by atoms with E-state index in [-0.39, 0.29) is 0 Å². The molecule has 3 nitrogen and oxygen atoms in total. The minimum absolute atomic E-state index is 0.700. The van der Waals surface area contributed by atoms with Crippen molar-refractivity contribution in [2.24, 2.45) is 0 Å². The van der Waals surface area contributed by atoms with Crippen LogP contribution in [0.2, 0.25) is 0 Å². The zero-order valence-electron chi connectivity index (χ0n) is 8.95. The van der Waals surface area contributed by atoms with Crippen LogP contribution in [0, 0.1) is 11.3 Å². The van der Waals surface area contributed by atoms with Crippen molar-refractivity contribution in [1.29, 1.82) is 5.26 Å². The molecule has 1 saturated heterocycles. The molecule has 2 rings (SSSR count). The number of halogens is 1.